The molecule has 0 bridgehead atoms. The predicted octanol–water partition coefficient (Wildman–Crippen LogP) is 1.69. The van der Waals surface area contributed by atoms with Crippen molar-refractivity contribution in [3.63, 3.8) is 0 Å². The Labute approximate surface area is 111 Å². The van der Waals surface area contributed by atoms with E-state index in [2.05, 4.69) is 5.32 Å². The molecule has 19 heavy (non-hydrogen) atoms. The number of carboxylic acid groups (broad SMARTS) is 1. The predicted molar refractivity (Wildman–Crippen MR) is 71.9 cm³/mol. The fourth-order valence-corrected chi connectivity index (χ4v) is 1.45. The van der Waals surface area contributed by atoms with Crippen molar-refractivity contribution in [1.29, 1.82) is 0 Å². The van der Waals surface area contributed by atoms with Crippen molar-refractivity contribution >= 4 is 18.0 Å². The van der Waals surface area contributed by atoms with Crippen LogP contribution in [0.3, 0.4) is 0 Å². The molecule has 0 spiro atoms. The first-order valence-corrected chi connectivity index (χ1v) is 6.03. The molecule has 0 aliphatic rings. The van der Waals surface area contributed by atoms with Gasteiger partial charge in [0.1, 0.15) is 5.75 Å². The number of amides is 1. The van der Waals surface area contributed by atoms with E-state index in [4.69, 9.17) is 9.84 Å². The molecule has 1 amide bonds. The molecule has 5 heteroatoms. The van der Waals surface area contributed by atoms with Crippen molar-refractivity contribution in [2.24, 2.45) is 0 Å². The monoisotopic (exact) mass is 263 g/mol. The Balaban J connectivity index is 2.58. The smallest absolute Gasteiger partial charge is 0.328 e. The van der Waals surface area contributed by atoms with Gasteiger partial charge in [-0.05, 0) is 19.1 Å². The molecular formula is C14H17NO4. The number of carbonyl (C=O) groups excluding carboxylic acids is 1. The summed E-state index contributed by atoms with van der Waals surface area (Å²) < 4.78 is 5.48. The topological polar surface area (TPSA) is 75.6 Å². The highest BCUT2D eigenvalue weighted by Gasteiger charge is 2.03. The second-order valence-corrected chi connectivity index (χ2v) is 3.76. The van der Waals surface area contributed by atoms with Crippen LogP contribution in [0, 0.1) is 0 Å². The summed E-state index contributed by atoms with van der Waals surface area (Å²) in [6, 6.07) is 7.07. The average Bonchev–Trinajstić information content (AvgIpc) is 2.38. The van der Waals surface area contributed by atoms with Crippen LogP contribution in [-0.4, -0.2) is 30.1 Å². The Morgan fingerprint density at radius 1 is 1.37 bits per heavy atom. The Kier molecular flexibility index (Phi) is 6.15. The standard InChI is InChI=1S/C14H17NO4/c1-2-15-13(16)9-10-19-12-6-4-3-5-11(12)7-8-14(17)18/h3-8H,2,9-10H2,1H3,(H,15,16)(H,17,18). The Bertz CT molecular complexity index is 468. The molecule has 5 nitrogen and oxygen atoms in total. The molecule has 2 N–H and O–H groups in total. The molecule has 102 valence electrons. The van der Waals surface area contributed by atoms with Gasteiger partial charge in [-0.25, -0.2) is 4.79 Å². The van der Waals surface area contributed by atoms with Crippen molar-refractivity contribution in [2.75, 3.05) is 13.2 Å². The van der Waals surface area contributed by atoms with Crippen molar-refractivity contribution < 1.29 is 19.4 Å². The van der Waals surface area contributed by atoms with Crippen LogP contribution in [0.2, 0.25) is 0 Å². The van der Waals surface area contributed by atoms with E-state index in [1.807, 2.05) is 6.92 Å². The number of ether oxygens (including phenoxy) is 1. The van der Waals surface area contributed by atoms with Gasteiger partial charge >= 0.3 is 5.97 Å². The van der Waals surface area contributed by atoms with Crippen LogP contribution in [-0.2, 0) is 9.59 Å². The maximum atomic E-state index is 11.3. The van der Waals surface area contributed by atoms with Gasteiger partial charge in [-0.2, -0.15) is 0 Å². The highest BCUT2D eigenvalue weighted by molar-refractivity contribution is 5.85. The van der Waals surface area contributed by atoms with Gasteiger partial charge in [-0.15, -0.1) is 0 Å². The van der Waals surface area contributed by atoms with Gasteiger partial charge in [0.05, 0.1) is 13.0 Å². The van der Waals surface area contributed by atoms with Gasteiger partial charge in [0, 0.05) is 18.2 Å². The number of rotatable bonds is 7. The number of carboxylic acids is 1. The van der Waals surface area contributed by atoms with Gasteiger partial charge < -0.3 is 15.2 Å². The number of nitrogens with one attached hydrogen (secondary N) is 1. The summed E-state index contributed by atoms with van der Waals surface area (Å²) in [7, 11) is 0. The number of aliphatic carboxylic acids is 1. The molecule has 0 aliphatic heterocycles. The lowest BCUT2D eigenvalue weighted by molar-refractivity contribution is -0.131. The number of hydrogen-bond donors (Lipinski definition) is 2. The van der Waals surface area contributed by atoms with Gasteiger partial charge in [0.2, 0.25) is 5.91 Å². The van der Waals surface area contributed by atoms with Crippen LogP contribution >= 0.6 is 0 Å². The number of para-hydroxylation sites is 1. The van der Waals surface area contributed by atoms with Crippen molar-refractivity contribution in [3.05, 3.63) is 35.9 Å². The van der Waals surface area contributed by atoms with Gasteiger partial charge in [-0.3, -0.25) is 4.79 Å². The fourth-order valence-electron chi connectivity index (χ4n) is 1.45. The third-order valence-electron chi connectivity index (χ3n) is 2.29. The molecule has 0 aliphatic carbocycles. The Morgan fingerprint density at radius 2 is 2.11 bits per heavy atom. The Hall–Kier alpha value is -2.30. The average molecular weight is 263 g/mol. The van der Waals surface area contributed by atoms with Crippen LogP contribution in [0.15, 0.2) is 30.3 Å². The number of hydrogen-bond acceptors (Lipinski definition) is 3. The third-order valence-corrected chi connectivity index (χ3v) is 2.29. The summed E-state index contributed by atoms with van der Waals surface area (Å²) in [5, 5.41) is 11.3. The SMILES string of the molecule is CCNC(=O)CCOc1ccccc1C=CC(=O)O. The molecule has 0 heterocycles. The molecule has 0 saturated heterocycles. The maximum absolute atomic E-state index is 11.3. The first-order valence-electron chi connectivity index (χ1n) is 6.03. The van der Waals surface area contributed by atoms with Crippen LogP contribution < -0.4 is 10.1 Å². The largest absolute Gasteiger partial charge is 0.492 e. The number of benzene rings is 1. The minimum atomic E-state index is -1.02. The zero-order chi connectivity index (χ0) is 14.1. The molecule has 0 aromatic heterocycles. The lowest BCUT2D eigenvalue weighted by Gasteiger charge is -2.08. The highest BCUT2D eigenvalue weighted by atomic mass is 16.5. The fraction of sp³-hybridized carbons (Fsp3) is 0.286. The van der Waals surface area contributed by atoms with E-state index < -0.39 is 5.97 Å². The van der Waals surface area contributed by atoms with E-state index in [1.54, 1.807) is 24.3 Å². The minimum Gasteiger partial charge on any atom is -0.492 e. The molecule has 1 aromatic rings. The molecule has 0 fully saturated rings. The van der Waals surface area contributed by atoms with Gasteiger partial charge in [-0.1, -0.05) is 18.2 Å². The molecule has 0 atom stereocenters. The van der Waals surface area contributed by atoms with E-state index in [0.29, 0.717) is 17.9 Å². The molecule has 0 saturated carbocycles. The highest BCUT2D eigenvalue weighted by Crippen LogP contribution is 2.19. The van der Waals surface area contributed by atoms with Crippen molar-refractivity contribution in [3.8, 4) is 5.75 Å². The lowest BCUT2D eigenvalue weighted by Crippen LogP contribution is -2.24. The molecule has 1 aromatic carbocycles. The second-order valence-electron chi connectivity index (χ2n) is 3.76. The molecule has 1 rings (SSSR count). The minimum absolute atomic E-state index is 0.0685. The van der Waals surface area contributed by atoms with E-state index >= 15 is 0 Å². The zero-order valence-corrected chi connectivity index (χ0v) is 10.8. The molecular weight excluding hydrogens is 246 g/mol. The van der Waals surface area contributed by atoms with Crippen molar-refractivity contribution in [1.82, 2.24) is 5.32 Å². The third kappa shape index (κ3) is 5.72. The normalized spacial score (nSPS) is 10.4. The first-order chi connectivity index (χ1) is 9.13. The van der Waals surface area contributed by atoms with Crippen LogP contribution in [0.1, 0.15) is 18.9 Å². The summed E-state index contributed by atoms with van der Waals surface area (Å²) >= 11 is 0. The molecule has 0 unspecified atom stereocenters. The van der Waals surface area contributed by atoms with Gasteiger partial charge in [0.15, 0.2) is 0 Å². The van der Waals surface area contributed by atoms with Crippen LogP contribution in [0.25, 0.3) is 6.08 Å². The Morgan fingerprint density at radius 3 is 2.79 bits per heavy atom. The zero-order valence-electron chi connectivity index (χ0n) is 10.8. The van der Waals surface area contributed by atoms with Crippen LogP contribution in [0.4, 0.5) is 0 Å². The second kappa shape index (κ2) is 7.92. The van der Waals surface area contributed by atoms with E-state index in [9.17, 15) is 9.59 Å². The number of carbonyl (C=O) groups is 2. The molecule has 0 radical (unpaired) electrons. The van der Waals surface area contributed by atoms with Crippen molar-refractivity contribution in [2.45, 2.75) is 13.3 Å². The van der Waals surface area contributed by atoms with Crippen LogP contribution in [0.5, 0.6) is 5.75 Å². The van der Waals surface area contributed by atoms with E-state index in [-0.39, 0.29) is 18.9 Å². The summed E-state index contributed by atoms with van der Waals surface area (Å²) in [5.74, 6) is -0.525. The van der Waals surface area contributed by atoms with Gasteiger partial charge in [0.25, 0.3) is 0 Å². The summed E-state index contributed by atoms with van der Waals surface area (Å²) in [6.07, 6.45) is 2.78. The first kappa shape index (κ1) is 14.8. The maximum Gasteiger partial charge on any atom is 0.328 e. The quantitative estimate of drug-likeness (QED) is 0.734. The summed E-state index contributed by atoms with van der Waals surface area (Å²) in [5.41, 5.74) is 0.667. The summed E-state index contributed by atoms with van der Waals surface area (Å²) in [4.78, 5) is 21.7. The van der Waals surface area contributed by atoms with E-state index in [0.717, 1.165) is 6.08 Å². The lowest BCUT2D eigenvalue weighted by atomic mass is 10.2. The van der Waals surface area contributed by atoms with E-state index in [1.165, 1.54) is 6.08 Å². The summed E-state index contributed by atoms with van der Waals surface area (Å²) in [6.45, 7) is 2.70.